The van der Waals surface area contributed by atoms with Crippen LogP contribution in [0.3, 0.4) is 0 Å². The summed E-state index contributed by atoms with van der Waals surface area (Å²) in [5.74, 6) is -1.77. The summed E-state index contributed by atoms with van der Waals surface area (Å²) in [4.78, 5) is 13.0. The molecule has 0 amide bonds. The molecule has 0 heterocycles. The lowest BCUT2D eigenvalue weighted by Gasteiger charge is -2.08. The average Bonchev–Trinajstić information content (AvgIpc) is 2.56. The molecular formula is C16H21N3O4S. The minimum Gasteiger partial charge on any atom is -0.480 e. The number of nitrogens with two attached hydrogens (primary N) is 1. The lowest BCUT2D eigenvalue weighted by Crippen LogP contribution is -2.25. The molecule has 0 spiro atoms. The number of esters is 1. The molecule has 0 radical (unpaired) electrons. The van der Waals surface area contributed by atoms with Crippen molar-refractivity contribution in [3.63, 3.8) is 0 Å². The minimum absolute atomic E-state index is 0.125. The molecule has 3 N–H and O–H groups in total. The van der Waals surface area contributed by atoms with E-state index in [9.17, 15) is 9.90 Å². The van der Waals surface area contributed by atoms with Gasteiger partial charge in [-0.3, -0.25) is 0 Å². The number of nitrogens with zero attached hydrogens (tertiary/aromatic N) is 2. The first kappa shape index (κ1) is 19.6. The Balaban J connectivity index is 2.97. The van der Waals surface area contributed by atoms with Gasteiger partial charge in [0.15, 0.2) is 11.4 Å². The normalized spacial score (nSPS) is 12.9. The Labute approximate surface area is 145 Å². The number of carbonyl (C=O) groups is 1. The van der Waals surface area contributed by atoms with Gasteiger partial charge in [0.2, 0.25) is 0 Å². The van der Waals surface area contributed by atoms with Crippen LogP contribution >= 0.6 is 11.8 Å². The number of ether oxygens (including phenoxy) is 2. The van der Waals surface area contributed by atoms with Gasteiger partial charge in [-0.2, -0.15) is 5.10 Å². The fourth-order valence-electron chi connectivity index (χ4n) is 1.61. The van der Waals surface area contributed by atoms with Gasteiger partial charge in [-0.25, -0.2) is 4.79 Å². The first-order chi connectivity index (χ1) is 11.5. The van der Waals surface area contributed by atoms with E-state index in [1.165, 1.54) is 6.21 Å². The highest BCUT2D eigenvalue weighted by atomic mass is 32.2. The molecule has 0 aliphatic heterocycles. The number of aliphatic hydroxyl groups excluding tert-OH is 1. The van der Waals surface area contributed by atoms with Gasteiger partial charge in [-0.1, -0.05) is 12.1 Å². The quantitative estimate of drug-likeness (QED) is 0.142. The van der Waals surface area contributed by atoms with Crippen molar-refractivity contribution in [2.45, 2.75) is 18.7 Å². The number of amidine groups is 1. The second kappa shape index (κ2) is 10.3. The first-order valence-electron chi connectivity index (χ1n) is 7.27. The molecule has 0 saturated heterocycles. The van der Waals surface area contributed by atoms with Crippen LogP contribution in [0.25, 0.3) is 0 Å². The summed E-state index contributed by atoms with van der Waals surface area (Å²) in [6, 6.07) is 7.65. The Hall–Kier alpha value is -2.48. The molecule has 0 unspecified atom stereocenters. The topological polar surface area (TPSA) is 107 Å². The number of benzene rings is 1. The van der Waals surface area contributed by atoms with Crippen LogP contribution in [0.2, 0.25) is 0 Å². The number of thioether (sulfide) groups is 1. The van der Waals surface area contributed by atoms with Crippen LogP contribution in [0.4, 0.5) is 0 Å². The van der Waals surface area contributed by atoms with E-state index in [1.54, 1.807) is 25.6 Å². The van der Waals surface area contributed by atoms with Crippen molar-refractivity contribution in [2.24, 2.45) is 15.9 Å². The van der Waals surface area contributed by atoms with E-state index in [2.05, 4.69) is 10.2 Å². The van der Waals surface area contributed by atoms with Crippen molar-refractivity contribution in [1.82, 2.24) is 0 Å². The van der Waals surface area contributed by atoms with Crippen molar-refractivity contribution >= 4 is 29.8 Å². The monoisotopic (exact) mass is 351 g/mol. The van der Waals surface area contributed by atoms with Gasteiger partial charge in [-0.15, -0.1) is 16.9 Å². The van der Waals surface area contributed by atoms with Gasteiger partial charge in [0, 0.05) is 4.90 Å². The molecule has 0 fully saturated rings. The number of rotatable bonds is 8. The third-order valence-corrected chi connectivity index (χ3v) is 3.46. The third kappa shape index (κ3) is 5.96. The summed E-state index contributed by atoms with van der Waals surface area (Å²) >= 11 is 1.63. The summed E-state index contributed by atoms with van der Waals surface area (Å²) in [6.07, 6.45) is 3.47. The maximum absolute atomic E-state index is 11.9. The van der Waals surface area contributed by atoms with Gasteiger partial charge < -0.3 is 20.3 Å². The Morgan fingerprint density at radius 2 is 1.88 bits per heavy atom. The van der Waals surface area contributed by atoms with Crippen molar-refractivity contribution < 1.29 is 19.4 Å². The van der Waals surface area contributed by atoms with Crippen LogP contribution in [0.1, 0.15) is 19.4 Å². The zero-order valence-electron chi connectivity index (χ0n) is 13.9. The van der Waals surface area contributed by atoms with Gasteiger partial charge in [0.1, 0.15) is 0 Å². The number of hydrogen-bond acceptors (Lipinski definition) is 7. The minimum atomic E-state index is -0.829. The molecule has 1 aromatic rings. The molecule has 1 aromatic carbocycles. The number of hydrogen-bond donors (Lipinski definition) is 2. The van der Waals surface area contributed by atoms with E-state index in [4.69, 9.17) is 15.2 Å². The second-order valence-corrected chi connectivity index (χ2v) is 5.22. The summed E-state index contributed by atoms with van der Waals surface area (Å²) in [6.45, 7) is 3.58. The molecule has 0 atom stereocenters. The standard InChI is InChI=1S/C16H21N3O4S/c1-4-22-15(20)13(16(21)23-5-2)14(17)19-18-10-11-6-8-12(24-3)9-7-11/h6-10,20H,4-5H2,1-3H3,(H2,17,19)/b15-13-,18-10+. The highest BCUT2D eigenvalue weighted by Crippen LogP contribution is 2.14. The fraction of sp³-hybridized carbons (Fsp3) is 0.312. The van der Waals surface area contributed by atoms with Gasteiger partial charge in [0.05, 0.1) is 19.4 Å². The predicted molar refractivity (Wildman–Crippen MR) is 95.4 cm³/mol. The smallest absolute Gasteiger partial charge is 0.349 e. The van der Waals surface area contributed by atoms with Crippen molar-refractivity contribution in [1.29, 1.82) is 0 Å². The maximum Gasteiger partial charge on any atom is 0.349 e. The zero-order valence-corrected chi connectivity index (χ0v) is 14.7. The van der Waals surface area contributed by atoms with Crippen molar-refractivity contribution in [3.05, 3.63) is 41.3 Å². The van der Waals surface area contributed by atoms with Crippen LogP contribution in [0.5, 0.6) is 0 Å². The fourth-order valence-corrected chi connectivity index (χ4v) is 2.02. The molecule has 24 heavy (non-hydrogen) atoms. The molecule has 0 saturated carbocycles. The Bertz CT molecular complexity index is 639. The third-order valence-electron chi connectivity index (χ3n) is 2.72. The van der Waals surface area contributed by atoms with E-state index in [1.807, 2.05) is 30.5 Å². The largest absolute Gasteiger partial charge is 0.480 e. The SMILES string of the molecule is CCOC(=O)C(/C(N)=N/N=C/c1ccc(SC)cc1)=C(/O)OCC. The zero-order chi connectivity index (χ0) is 17.9. The van der Waals surface area contributed by atoms with Gasteiger partial charge in [-0.05, 0) is 37.8 Å². The second-order valence-electron chi connectivity index (χ2n) is 4.34. The number of aliphatic hydroxyl groups is 1. The lowest BCUT2D eigenvalue weighted by atomic mass is 10.2. The molecule has 1 rings (SSSR count). The van der Waals surface area contributed by atoms with E-state index in [0.717, 1.165) is 10.5 Å². The molecule has 8 heteroatoms. The average molecular weight is 351 g/mol. The molecule has 0 aromatic heterocycles. The summed E-state index contributed by atoms with van der Waals surface area (Å²) in [7, 11) is 0. The summed E-state index contributed by atoms with van der Waals surface area (Å²) < 4.78 is 9.73. The molecule has 0 bridgehead atoms. The van der Waals surface area contributed by atoms with E-state index < -0.39 is 11.9 Å². The molecular weight excluding hydrogens is 330 g/mol. The van der Waals surface area contributed by atoms with Crippen LogP contribution in [0, 0.1) is 0 Å². The van der Waals surface area contributed by atoms with Crippen LogP contribution in [0.15, 0.2) is 50.9 Å². The summed E-state index contributed by atoms with van der Waals surface area (Å²) in [5.41, 5.74) is 6.19. The van der Waals surface area contributed by atoms with Gasteiger partial charge >= 0.3 is 5.97 Å². The predicted octanol–water partition coefficient (Wildman–Crippen LogP) is 2.47. The van der Waals surface area contributed by atoms with Crippen molar-refractivity contribution in [3.8, 4) is 0 Å². The molecule has 0 aliphatic rings. The molecule has 7 nitrogen and oxygen atoms in total. The summed E-state index contributed by atoms with van der Waals surface area (Å²) in [5, 5.41) is 17.3. The molecule has 0 aliphatic carbocycles. The van der Waals surface area contributed by atoms with Crippen LogP contribution in [-0.4, -0.2) is 42.6 Å². The highest BCUT2D eigenvalue weighted by molar-refractivity contribution is 7.98. The maximum atomic E-state index is 11.9. The highest BCUT2D eigenvalue weighted by Gasteiger charge is 2.22. The van der Waals surface area contributed by atoms with E-state index in [0.29, 0.717) is 0 Å². The van der Waals surface area contributed by atoms with Crippen LogP contribution < -0.4 is 5.73 Å². The van der Waals surface area contributed by atoms with Crippen molar-refractivity contribution in [2.75, 3.05) is 19.5 Å². The number of carbonyl (C=O) groups excluding carboxylic acids is 1. The Morgan fingerprint density at radius 1 is 1.25 bits per heavy atom. The van der Waals surface area contributed by atoms with E-state index >= 15 is 0 Å². The first-order valence-corrected chi connectivity index (χ1v) is 8.50. The lowest BCUT2D eigenvalue weighted by molar-refractivity contribution is -0.138. The Morgan fingerprint density at radius 3 is 2.42 bits per heavy atom. The van der Waals surface area contributed by atoms with Crippen LogP contribution in [-0.2, 0) is 14.3 Å². The molecule has 130 valence electrons. The van der Waals surface area contributed by atoms with E-state index in [-0.39, 0.29) is 24.6 Å². The Kier molecular flexibility index (Phi) is 8.42. The van der Waals surface area contributed by atoms with Gasteiger partial charge in [0.25, 0.3) is 5.95 Å².